The van der Waals surface area contributed by atoms with Crippen molar-refractivity contribution >= 4 is 0 Å². The first-order valence-electron chi connectivity index (χ1n) is 5.16. The quantitative estimate of drug-likeness (QED) is 0.601. The zero-order chi connectivity index (χ0) is 14.0. The highest BCUT2D eigenvalue weighted by atomic mass is 19.2. The van der Waals surface area contributed by atoms with Crippen LogP contribution in [0, 0.1) is 23.3 Å². The van der Waals surface area contributed by atoms with Crippen LogP contribution in [0.1, 0.15) is 0 Å². The van der Waals surface area contributed by atoms with Crippen LogP contribution in [0.25, 0.3) is 11.1 Å². The molecule has 19 heavy (non-hydrogen) atoms. The van der Waals surface area contributed by atoms with E-state index in [2.05, 4.69) is 4.74 Å². The lowest BCUT2D eigenvalue weighted by Gasteiger charge is -2.07. The molecule has 1 nitrogen and oxygen atoms in total. The molecule has 0 amide bonds. The molecule has 0 aliphatic rings. The number of hydrogen-bond donors (Lipinski definition) is 0. The van der Waals surface area contributed by atoms with Crippen LogP contribution >= 0.6 is 0 Å². The van der Waals surface area contributed by atoms with Crippen molar-refractivity contribution in [3.8, 4) is 16.9 Å². The SMILES string of the molecule is FCOc1ccc(-c2cc(F)c(F)c(F)c2)c(F)c1. The van der Waals surface area contributed by atoms with E-state index in [1.54, 1.807) is 0 Å². The van der Waals surface area contributed by atoms with Crippen LogP contribution in [0.5, 0.6) is 5.75 Å². The summed E-state index contributed by atoms with van der Waals surface area (Å²) in [6.45, 7) is -1.13. The minimum Gasteiger partial charge on any atom is -0.463 e. The zero-order valence-electron chi connectivity index (χ0n) is 9.39. The molecule has 0 fully saturated rings. The van der Waals surface area contributed by atoms with Gasteiger partial charge in [-0.3, -0.25) is 0 Å². The van der Waals surface area contributed by atoms with E-state index < -0.39 is 30.1 Å². The van der Waals surface area contributed by atoms with E-state index in [4.69, 9.17) is 0 Å². The van der Waals surface area contributed by atoms with E-state index in [-0.39, 0.29) is 16.9 Å². The Bertz CT molecular complexity index is 589. The Morgan fingerprint density at radius 2 is 1.47 bits per heavy atom. The highest BCUT2D eigenvalue weighted by Crippen LogP contribution is 2.28. The van der Waals surface area contributed by atoms with Gasteiger partial charge in [-0.15, -0.1) is 0 Å². The molecule has 0 aliphatic heterocycles. The third kappa shape index (κ3) is 2.67. The molecule has 0 bridgehead atoms. The molecule has 2 aromatic carbocycles. The van der Waals surface area contributed by atoms with Gasteiger partial charge in [0.1, 0.15) is 11.6 Å². The fourth-order valence-electron chi connectivity index (χ4n) is 1.59. The largest absolute Gasteiger partial charge is 0.463 e. The predicted octanol–water partition coefficient (Wildman–Crippen LogP) is 4.22. The molecule has 0 aromatic heterocycles. The van der Waals surface area contributed by atoms with E-state index in [0.29, 0.717) is 12.1 Å². The van der Waals surface area contributed by atoms with Crippen LogP contribution < -0.4 is 4.74 Å². The van der Waals surface area contributed by atoms with Crippen LogP contribution in [0.2, 0.25) is 0 Å². The molecule has 0 radical (unpaired) electrons. The van der Waals surface area contributed by atoms with Crippen molar-refractivity contribution in [3.63, 3.8) is 0 Å². The monoisotopic (exact) mass is 274 g/mol. The van der Waals surface area contributed by atoms with E-state index in [1.807, 2.05) is 0 Å². The Morgan fingerprint density at radius 1 is 0.842 bits per heavy atom. The smallest absolute Gasteiger partial charge is 0.228 e. The van der Waals surface area contributed by atoms with Gasteiger partial charge in [0.25, 0.3) is 0 Å². The van der Waals surface area contributed by atoms with Gasteiger partial charge in [0.15, 0.2) is 17.5 Å². The Morgan fingerprint density at radius 3 is 2.00 bits per heavy atom. The van der Waals surface area contributed by atoms with Crippen molar-refractivity contribution in [3.05, 3.63) is 53.6 Å². The third-order valence-corrected chi connectivity index (χ3v) is 2.46. The predicted molar refractivity (Wildman–Crippen MR) is 58.3 cm³/mol. The lowest BCUT2D eigenvalue weighted by molar-refractivity contribution is 0.191. The molecule has 0 N–H and O–H groups in total. The maximum absolute atomic E-state index is 13.7. The van der Waals surface area contributed by atoms with Crippen LogP contribution in [-0.4, -0.2) is 6.86 Å². The maximum Gasteiger partial charge on any atom is 0.228 e. The minimum absolute atomic E-state index is 0.0631. The number of rotatable bonds is 3. The topological polar surface area (TPSA) is 9.23 Å². The van der Waals surface area contributed by atoms with Crippen molar-refractivity contribution in [2.75, 3.05) is 6.86 Å². The molecular formula is C13H7F5O. The number of hydrogen-bond acceptors (Lipinski definition) is 1. The van der Waals surface area contributed by atoms with Gasteiger partial charge in [-0.1, -0.05) is 0 Å². The fourth-order valence-corrected chi connectivity index (χ4v) is 1.59. The Kier molecular flexibility index (Phi) is 3.69. The van der Waals surface area contributed by atoms with Gasteiger partial charge in [0.05, 0.1) is 0 Å². The van der Waals surface area contributed by atoms with Gasteiger partial charge in [-0.2, -0.15) is 0 Å². The second kappa shape index (κ2) is 5.26. The summed E-state index contributed by atoms with van der Waals surface area (Å²) in [5.41, 5.74) is -0.315. The molecule has 0 aliphatic carbocycles. The van der Waals surface area contributed by atoms with Gasteiger partial charge in [-0.05, 0) is 29.8 Å². The van der Waals surface area contributed by atoms with Gasteiger partial charge in [0.2, 0.25) is 6.86 Å². The van der Waals surface area contributed by atoms with E-state index in [1.165, 1.54) is 6.07 Å². The standard InChI is InChI=1S/C13H7F5O/c14-6-19-8-1-2-9(10(15)5-8)7-3-11(16)13(18)12(17)4-7/h1-5H,6H2. The third-order valence-electron chi connectivity index (χ3n) is 2.46. The Balaban J connectivity index is 2.47. The first-order valence-corrected chi connectivity index (χ1v) is 5.16. The summed E-state index contributed by atoms with van der Waals surface area (Å²) in [5, 5.41) is 0. The van der Waals surface area contributed by atoms with E-state index >= 15 is 0 Å². The van der Waals surface area contributed by atoms with Crippen molar-refractivity contribution < 1.29 is 26.7 Å². The summed E-state index contributed by atoms with van der Waals surface area (Å²) < 4.78 is 68.9. The molecule has 0 saturated heterocycles. The fraction of sp³-hybridized carbons (Fsp3) is 0.0769. The number of ether oxygens (including phenoxy) is 1. The molecule has 0 saturated carbocycles. The van der Waals surface area contributed by atoms with Gasteiger partial charge >= 0.3 is 0 Å². The average molecular weight is 274 g/mol. The molecule has 100 valence electrons. The summed E-state index contributed by atoms with van der Waals surface area (Å²) in [6.07, 6.45) is 0. The molecular weight excluding hydrogens is 267 g/mol. The van der Waals surface area contributed by atoms with Crippen molar-refractivity contribution in [2.45, 2.75) is 0 Å². The highest BCUT2D eigenvalue weighted by molar-refractivity contribution is 5.65. The first-order chi connectivity index (χ1) is 9.02. The molecule has 0 unspecified atom stereocenters. The van der Waals surface area contributed by atoms with Gasteiger partial charge in [0, 0.05) is 11.6 Å². The van der Waals surface area contributed by atoms with E-state index in [9.17, 15) is 22.0 Å². The maximum atomic E-state index is 13.7. The number of benzene rings is 2. The van der Waals surface area contributed by atoms with Crippen LogP contribution in [0.4, 0.5) is 22.0 Å². The molecule has 0 heterocycles. The van der Waals surface area contributed by atoms with Gasteiger partial charge < -0.3 is 4.74 Å². The average Bonchev–Trinajstić information content (AvgIpc) is 2.36. The normalized spacial score (nSPS) is 10.6. The lowest BCUT2D eigenvalue weighted by atomic mass is 10.0. The number of alkyl halides is 1. The van der Waals surface area contributed by atoms with Crippen LogP contribution in [-0.2, 0) is 0 Å². The Labute approximate surface area is 105 Å². The van der Waals surface area contributed by atoms with Crippen molar-refractivity contribution in [2.24, 2.45) is 0 Å². The van der Waals surface area contributed by atoms with Crippen LogP contribution in [0.15, 0.2) is 30.3 Å². The Hall–Kier alpha value is -2.11. The summed E-state index contributed by atoms with van der Waals surface area (Å²) in [5.74, 6) is -5.39. The summed E-state index contributed by atoms with van der Waals surface area (Å²) in [4.78, 5) is 0. The zero-order valence-corrected chi connectivity index (χ0v) is 9.39. The molecule has 0 spiro atoms. The number of halogens is 5. The molecule has 2 rings (SSSR count). The second-order valence-electron chi connectivity index (χ2n) is 3.65. The van der Waals surface area contributed by atoms with E-state index in [0.717, 1.165) is 12.1 Å². The molecule has 2 aromatic rings. The van der Waals surface area contributed by atoms with Crippen molar-refractivity contribution in [1.29, 1.82) is 0 Å². The van der Waals surface area contributed by atoms with Crippen molar-refractivity contribution in [1.82, 2.24) is 0 Å². The minimum atomic E-state index is -1.62. The molecule has 6 heteroatoms. The van der Waals surface area contributed by atoms with Gasteiger partial charge in [-0.25, -0.2) is 22.0 Å². The summed E-state index contributed by atoms with van der Waals surface area (Å²) in [6, 6.07) is 4.61. The van der Waals surface area contributed by atoms with Crippen LogP contribution in [0.3, 0.4) is 0 Å². The molecule has 0 atom stereocenters. The second-order valence-corrected chi connectivity index (χ2v) is 3.65. The summed E-state index contributed by atoms with van der Waals surface area (Å²) in [7, 11) is 0. The lowest BCUT2D eigenvalue weighted by Crippen LogP contribution is -1.95. The first kappa shape index (κ1) is 13.3. The highest BCUT2D eigenvalue weighted by Gasteiger charge is 2.14. The summed E-state index contributed by atoms with van der Waals surface area (Å²) >= 11 is 0.